The molecule has 3 rings (SSSR count). The van der Waals surface area contributed by atoms with Crippen LogP contribution in [-0.2, 0) is 13.8 Å². The van der Waals surface area contributed by atoms with E-state index in [4.69, 9.17) is 9.26 Å². The summed E-state index contributed by atoms with van der Waals surface area (Å²) < 4.78 is 24.7. The van der Waals surface area contributed by atoms with Crippen LogP contribution in [0.3, 0.4) is 0 Å². The van der Waals surface area contributed by atoms with Gasteiger partial charge in [0, 0.05) is 23.2 Å². The van der Waals surface area contributed by atoms with Gasteiger partial charge in [0.05, 0.1) is 11.7 Å². The molecule has 0 spiro atoms. The minimum atomic E-state index is -4.35. The van der Waals surface area contributed by atoms with Crippen molar-refractivity contribution in [1.82, 2.24) is 14.5 Å². The number of ether oxygens (including phenoxy) is 1. The van der Waals surface area contributed by atoms with E-state index in [2.05, 4.69) is 9.97 Å². The van der Waals surface area contributed by atoms with Crippen LogP contribution in [0.2, 0.25) is 0 Å². The second-order valence-corrected chi connectivity index (χ2v) is 10.5. The third kappa shape index (κ3) is 4.36. The fourth-order valence-corrected chi connectivity index (χ4v) is 4.89. The molecule has 2 aromatic heterocycles. The molecule has 0 amide bonds. The third-order valence-electron chi connectivity index (χ3n) is 6.19. The number of aryl methyl sites for hydroxylation is 1. The van der Waals surface area contributed by atoms with Crippen molar-refractivity contribution in [2.45, 2.75) is 77.0 Å². The predicted octanol–water partition coefficient (Wildman–Crippen LogP) is 0.997. The highest BCUT2D eigenvalue weighted by molar-refractivity contribution is 7.53. The third-order valence-corrected chi connectivity index (χ3v) is 7.81. The number of hydrogen-bond acceptors (Lipinski definition) is 8. The number of hydrogen-bond donors (Lipinski definition) is 5. The van der Waals surface area contributed by atoms with E-state index in [9.17, 15) is 29.6 Å². The van der Waals surface area contributed by atoms with Crippen LogP contribution in [0.4, 0.5) is 0 Å². The fraction of sp³-hybridized carbons (Fsp3) is 0.684. The van der Waals surface area contributed by atoms with Gasteiger partial charge in [-0.05, 0) is 33.3 Å². The van der Waals surface area contributed by atoms with Crippen LogP contribution in [0.15, 0.2) is 17.1 Å². The zero-order chi connectivity index (χ0) is 23.3. The Hall–Kier alpha value is -1.59. The Labute approximate surface area is 179 Å². The zero-order valence-electron chi connectivity index (χ0n) is 18.1. The molecule has 1 fully saturated rings. The summed E-state index contributed by atoms with van der Waals surface area (Å²) >= 11 is 0. The van der Waals surface area contributed by atoms with Crippen molar-refractivity contribution in [2.24, 2.45) is 5.92 Å². The van der Waals surface area contributed by atoms with Crippen molar-refractivity contribution < 1.29 is 34.0 Å². The van der Waals surface area contributed by atoms with Crippen LogP contribution in [-0.4, -0.2) is 64.5 Å². The fourth-order valence-electron chi connectivity index (χ4n) is 3.85. The summed E-state index contributed by atoms with van der Waals surface area (Å²) in [4.78, 5) is 29.4. The standard InChI is InChI=1S/C19H30N3O8P/c1-6-19(5,30-31(27,28)11(4)23)10(3)15-13(24)14(25)17(29-15)22-8-12-7-9(2)20-16(12)21-18(22)26/h7-8,10-11,13-15,17,23-25H,6H2,1-5H3,(H,27,28)(H,20,21,26)/t10?,11-,13-,14+,15+,17+,19?/m0/s1. The Morgan fingerprint density at radius 1 is 1.39 bits per heavy atom. The van der Waals surface area contributed by atoms with Gasteiger partial charge in [-0.25, -0.2) is 4.79 Å². The van der Waals surface area contributed by atoms with Crippen molar-refractivity contribution in [3.63, 3.8) is 0 Å². The second-order valence-electron chi connectivity index (χ2n) is 8.40. The summed E-state index contributed by atoms with van der Waals surface area (Å²) in [5.74, 6) is -2.28. The van der Waals surface area contributed by atoms with Gasteiger partial charge in [0.1, 0.15) is 17.9 Å². The lowest BCUT2D eigenvalue weighted by atomic mass is 9.82. The van der Waals surface area contributed by atoms with Crippen molar-refractivity contribution in [3.05, 3.63) is 28.4 Å². The molecule has 0 radical (unpaired) electrons. The molecule has 31 heavy (non-hydrogen) atoms. The maximum absolute atomic E-state index is 12.5. The van der Waals surface area contributed by atoms with E-state index in [-0.39, 0.29) is 6.42 Å². The second kappa shape index (κ2) is 8.40. The summed E-state index contributed by atoms with van der Waals surface area (Å²) in [5, 5.41) is 31.5. The summed E-state index contributed by atoms with van der Waals surface area (Å²) in [6.07, 6.45) is -3.31. The first kappa shape index (κ1) is 24.1. The minimum absolute atomic E-state index is 0.259. The molecule has 0 aromatic carbocycles. The number of aliphatic hydroxyl groups is 3. The van der Waals surface area contributed by atoms with Crippen LogP contribution in [0, 0.1) is 12.8 Å². The highest BCUT2D eigenvalue weighted by Crippen LogP contribution is 2.53. The van der Waals surface area contributed by atoms with E-state index in [1.807, 2.05) is 6.92 Å². The molecular formula is C19H30N3O8P. The van der Waals surface area contributed by atoms with Crippen molar-refractivity contribution in [2.75, 3.05) is 0 Å². The molecule has 12 heteroatoms. The monoisotopic (exact) mass is 459 g/mol. The molecule has 3 unspecified atom stereocenters. The molecule has 8 atom stereocenters. The number of aliphatic hydroxyl groups excluding tert-OH is 3. The lowest BCUT2D eigenvalue weighted by molar-refractivity contribution is -0.105. The Kier molecular flexibility index (Phi) is 6.52. The minimum Gasteiger partial charge on any atom is -0.388 e. The smallest absolute Gasteiger partial charge is 0.356 e. The summed E-state index contributed by atoms with van der Waals surface area (Å²) in [6, 6.07) is 1.78. The first-order chi connectivity index (χ1) is 14.3. The highest BCUT2D eigenvalue weighted by atomic mass is 31.2. The largest absolute Gasteiger partial charge is 0.388 e. The molecule has 0 aliphatic carbocycles. The molecule has 174 valence electrons. The summed E-state index contributed by atoms with van der Waals surface area (Å²) in [5.41, 5.74) is -0.726. The molecule has 2 aromatic rings. The molecule has 1 aliphatic rings. The van der Waals surface area contributed by atoms with Gasteiger partial charge in [0.15, 0.2) is 12.1 Å². The molecule has 0 bridgehead atoms. The summed E-state index contributed by atoms with van der Waals surface area (Å²) in [6.45, 7) is 7.91. The van der Waals surface area contributed by atoms with E-state index in [1.54, 1.807) is 26.8 Å². The Morgan fingerprint density at radius 2 is 2.03 bits per heavy atom. The van der Waals surface area contributed by atoms with E-state index in [0.717, 1.165) is 17.2 Å². The normalized spacial score (nSPS) is 30.1. The Morgan fingerprint density at radius 3 is 2.61 bits per heavy atom. The van der Waals surface area contributed by atoms with E-state index in [1.165, 1.54) is 6.20 Å². The molecule has 0 saturated carbocycles. The molecule has 1 saturated heterocycles. The SMILES string of the molecule is CCC(C)(OP(=O)(O)[C@@H](C)O)C(C)[C@H]1O[C@@H](n2cc3cc(C)[nH]c3nc2=O)[C@H](O)[C@@H]1O. The van der Waals surface area contributed by atoms with Gasteiger partial charge in [-0.3, -0.25) is 9.13 Å². The van der Waals surface area contributed by atoms with Crippen LogP contribution >= 0.6 is 7.60 Å². The quantitative estimate of drug-likeness (QED) is 0.379. The Balaban J connectivity index is 1.91. The van der Waals surface area contributed by atoms with E-state index in [0.29, 0.717) is 11.0 Å². The average Bonchev–Trinajstić information content (AvgIpc) is 3.18. The lowest BCUT2D eigenvalue weighted by Crippen LogP contribution is -2.46. The van der Waals surface area contributed by atoms with Crippen molar-refractivity contribution in [1.29, 1.82) is 0 Å². The maximum atomic E-state index is 12.5. The number of fused-ring (bicyclic) bond motifs is 1. The molecule has 1 aliphatic heterocycles. The first-order valence-electron chi connectivity index (χ1n) is 10.1. The molecular weight excluding hydrogens is 429 g/mol. The number of nitrogens with one attached hydrogen (secondary N) is 1. The average molecular weight is 459 g/mol. The van der Waals surface area contributed by atoms with Crippen LogP contribution in [0.1, 0.15) is 46.0 Å². The van der Waals surface area contributed by atoms with Gasteiger partial charge in [0.2, 0.25) is 0 Å². The predicted molar refractivity (Wildman–Crippen MR) is 111 cm³/mol. The number of H-pyrrole nitrogens is 1. The zero-order valence-corrected chi connectivity index (χ0v) is 19.0. The number of nitrogens with zero attached hydrogens (tertiary/aromatic N) is 2. The van der Waals surface area contributed by atoms with Gasteiger partial charge in [-0.15, -0.1) is 0 Å². The topological polar surface area (TPSA) is 167 Å². The maximum Gasteiger partial charge on any atom is 0.356 e. The Bertz CT molecular complexity index is 1050. The van der Waals surface area contributed by atoms with Crippen LogP contribution in [0.25, 0.3) is 11.0 Å². The van der Waals surface area contributed by atoms with Gasteiger partial charge >= 0.3 is 13.3 Å². The molecule has 5 N–H and O–H groups in total. The van der Waals surface area contributed by atoms with Gasteiger partial charge < -0.3 is 34.5 Å². The van der Waals surface area contributed by atoms with Crippen molar-refractivity contribution >= 4 is 18.6 Å². The first-order valence-corrected chi connectivity index (χ1v) is 11.8. The van der Waals surface area contributed by atoms with Gasteiger partial charge in [-0.2, -0.15) is 4.98 Å². The molecule has 11 nitrogen and oxygen atoms in total. The van der Waals surface area contributed by atoms with E-state index < -0.39 is 55.2 Å². The number of aromatic nitrogens is 3. The summed E-state index contributed by atoms with van der Waals surface area (Å²) in [7, 11) is -4.35. The highest BCUT2D eigenvalue weighted by Gasteiger charge is 2.52. The molecule has 3 heterocycles. The number of aromatic amines is 1. The van der Waals surface area contributed by atoms with Crippen LogP contribution < -0.4 is 5.69 Å². The van der Waals surface area contributed by atoms with E-state index >= 15 is 0 Å². The number of rotatable bonds is 7. The van der Waals surface area contributed by atoms with Crippen molar-refractivity contribution in [3.8, 4) is 0 Å². The lowest BCUT2D eigenvalue weighted by Gasteiger charge is -2.40. The van der Waals surface area contributed by atoms with Gasteiger partial charge in [-0.1, -0.05) is 13.8 Å². The van der Waals surface area contributed by atoms with Gasteiger partial charge in [0.25, 0.3) is 0 Å². The van der Waals surface area contributed by atoms with Crippen LogP contribution in [0.5, 0.6) is 0 Å².